The molecule has 0 heterocycles. The first-order valence-electron chi connectivity index (χ1n) is 8.57. The standard InChI is InChI=1S/C21H18N4O3/c26-21(15-22-19-11-10-17-7-1-2-8-18(17)14-19)24-23-12-4-6-16-5-3-9-20(13-16)25(27)28/h1-14,22H,15H2,(H,24,26)/b6-4+,23-12-. The number of non-ortho nitro benzene ring substituents is 1. The fourth-order valence-electron chi connectivity index (χ4n) is 2.57. The number of nitrogens with one attached hydrogen (secondary N) is 2. The summed E-state index contributed by atoms with van der Waals surface area (Å²) in [6, 6.07) is 20.1. The minimum atomic E-state index is -0.450. The second-order valence-electron chi connectivity index (χ2n) is 5.94. The van der Waals surface area contributed by atoms with Crippen molar-refractivity contribution in [3.8, 4) is 0 Å². The Balaban J connectivity index is 1.47. The van der Waals surface area contributed by atoms with Gasteiger partial charge in [-0.25, -0.2) is 5.43 Å². The van der Waals surface area contributed by atoms with Gasteiger partial charge < -0.3 is 5.32 Å². The smallest absolute Gasteiger partial charge is 0.270 e. The van der Waals surface area contributed by atoms with Gasteiger partial charge in [0, 0.05) is 24.0 Å². The molecule has 7 heteroatoms. The monoisotopic (exact) mass is 374 g/mol. The van der Waals surface area contributed by atoms with Crippen LogP contribution in [0.4, 0.5) is 11.4 Å². The Kier molecular flexibility index (Phi) is 6.10. The Bertz CT molecular complexity index is 1060. The number of amides is 1. The molecule has 0 unspecified atom stereocenters. The Hall–Kier alpha value is -4.00. The number of allylic oxidation sites excluding steroid dienone is 1. The maximum atomic E-state index is 11.8. The summed E-state index contributed by atoms with van der Waals surface area (Å²) >= 11 is 0. The van der Waals surface area contributed by atoms with Crippen LogP contribution in [0.2, 0.25) is 0 Å². The molecule has 0 spiro atoms. The first kappa shape index (κ1) is 18.8. The molecule has 0 aliphatic rings. The summed E-state index contributed by atoms with van der Waals surface area (Å²) in [7, 11) is 0. The molecule has 0 bridgehead atoms. The molecule has 0 radical (unpaired) electrons. The summed E-state index contributed by atoms with van der Waals surface area (Å²) in [4.78, 5) is 22.1. The molecule has 3 aromatic rings. The van der Waals surface area contributed by atoms with E-state index in [1.165, 1.54) is 18.3 Å². The number of nitrogens with zero attached hydrogens (tertiary/aromatic N) is 2. The number of hydrogen-bond acceptors (Lipinski definition) is 5. The highest BCUT2D eigenvalue weighted by molar-refractivity contribution is 5.87. The predicted octanol–water partition coefficient (Wildman–Crippen LogP) is 3.98. The minimum absolute atomic E-state index is 0.0205. The molecule has 1 amide bonds. The number of carbonyl (C=O) groups is 1. The van der Waals surface area contributed by atoms with Crippen molar-refractivity contribution < 1.29 is 9.72 Å². The van der Waals surface area contributed by atoms with E-state index in [-0.39, 0.29) is 18.1 Å². The Morgan fingerprint density at radius 1 is 1.04 bits per heavy atom. The van der Waals surface area contributed by atoms with Crippen LogP contribution < -0.4 is 10.7 Å². The topological polar surface area (TPSA) is 96.6 Å². The molecule has 28 heavy (non-hydrogen) atoms. The van der Waals surface area contributed by atoms with Crippen molar-refractivity contribution in [1.82, 2.24) is 5.43 Å². The number of hydrogen-bond donors (Lipinski definition) is 2. The van der Waals surface area contributed by atoms with Gasteiger partial charge in [0.05, 0.1) is 11.5 Å². The van der Waals surface area contributed by atoms with Gasteiger partial charge >= 0.3 is 0 Å². The molecule has 0 aromatic heterocycles. The normalized spacial score (nSPS) is 11.1. The van der Waals surface area contributed by atoms with Crippen LogP contribution in [0.15, 0.2) is 77.9 Å². The number of nitro benzene ring substituents is 1. The molecule has 140 valence electrons. The van der Waals surface area contributed by atoms with E-state index in [1.54, 1.807) is 24.3 Å². The van der Waals surface area contributed by atoms with Gasteiger partial charge in [-0.1, -0.05) is 48.5 Å². The van der Waals surface area contributed by atoms with Crippen molar-refractivity contribution in [3.05, 3.63) is 88.5 Å². The number of nitro groups is 1. The number of anilines is 1. The van der Waals surface area contributed by atoms with Gasteiger partial charge in [-0.3, -0.25) is 14.9 Å². The van der Waals surface area contributed by atoms with E-state index in [0.29, 0.717) is 5.56 Å². The van der Waals surface area contributed by atoms with Crippen molar-refractivity contribution in [2.75, 3.05) is 11.9 Å². The number of benzene rings is 3. The molecule has 0 atom stereocenters. The third-order valence-electron chi connectivity index (χ3n) is 3.92. The second kappa shape index (κ2) is 9.09. The molecule has 7 nitrogen and oxygen atoms in total. The van der Waals surface area contributed by atoms with E-state index >= 15 is 0 Å². The minimum Gasteiger partial charge on any atom is -0.376 e. The van der Waals surface area contributed by atoms with Gasteiger partial charge in [-0.05, 0) is 34.5 Å². The number of hydrazone groups is 1. The maximum absolute atomic E-state index is 11.8. The Morgan fingerprint density at radius 3 is 2.68 bits per heavy atom. The van der Waals surface area contributed by atoms with E-state index in [2.05, 4.69) is 15.8 Å². The third kappa shape index (κ3) is 5.25. The average molecular weight is 374 g/mol. The number of fused-ring (bicyclic) bond motifs is 1. The van der Waals surface area contributed by atoms with Crippen LogP contribution >= 0.6 is 0 Å². The summed E-state index contributed by atoms with van der Waals surface area (Å²) < 4.78 is 0. The third-order valence-corrected chi connectivity index (χ3v) is 3.92. The highest BCUT2D eigenvalue weighted by atomic mass is 16.6. The van der Waals surface area contributed by atoms with Crippen molar-refractivity contribution in [3.63, 3.8) is 0 Å². The summed E-state index contributed by atoms with van der Waals surface area (Å²) in [5.74, 6) is -0.284. The van der Waals surface area contributed by atoms with Crippen LogP contribution in [-0.2, 0) is 4.79 Å². The zero-order chi connectivity index (χ0) is 19.8. The maximum Gasteiger partial charge on any atom is 0.270 e. The molecule has 3 rings (SSSR count). The second-order valence-corrected chi connectivity index (χ2v) is 5.94. The molecule has 0 aliphatic heterocycles. The quantitative estimate of drug-likeness (QED) is 0.371. The first-order valence-corrected chi connectivity index (χ1v) is 8.57. The molecule has 0 fully saturated rings. The van der Waals surface area contributed by atoms with Gasteiger partial charge in [0.2, 0.25) is 0 Å². The fourth-order valence-corrected chi connectivity index (χ4v) is 2.57. The van der Waals surface area contributed by atoms with Gasteiger partial charge in [0.25, 0.3) is 11.6 Å². The van der Waals surface area contributed by atoms with Gasteiger partial charge in [0.1, 0.15) is 0 Å². The largest absolute Gasteiger partial charge is 0.376 e. The highest BCUT2D eigenvalue weighted by Gasteiger charge is 2.03. The summed E-state index contributed by atoms with van der Waals surface area (Å²) in [5.41, 5.74) is 3.96. The molecule has 0 saturated heterocycles. The molecular formula is C21H18N4O3. The van der Waals surface area contributed by atoms with E-state index in [1.807, 2.05) is 42.5 Å². The number of carbonyl (C=O) groups excluding carboxylic acids is 1. The lowest BCUT2D eigenvalue weighted by Crippen LogP contribution is -2.25. The van der Waals surface area contributed by atoms with Gasteiger partial charge in [-0.15, -0.1) is 0 Å². The van der Waals surface area contributed by atoms with Crippen molar-refractivity contribution >= 4 is 40.3 Å². The van der Waals surface area contributed by atoms with Crippen LogP contribution in [-0.4, -0.2) is 23.6 Å². The molecular weight excluding hydrogens is 356 g/mol. The number of rotatable bonds is 7. The zero-order valence-corrected chi connectivity index (χ0v) is 14.9. The van der Waals surface area contributed by atoms with E-state index < -0.39 is 4.92 Å². The average Bonchev–Trinajstić information content (AvgIpc) is 2.72. The molecule has 0 aliphatic carbocycles. The summed E-state index contributed by atoms with van der Waals surface area (Å²) in [6.45, 7) is 0.0876. The van der Waals surface area contributed by atoms with Crippen molar-refractivity contribution in [2.45, 2.75) is 0 Å². The lowest BCUT2D eigenvalue weighted by molar-refractivity contribution is -0.384. The molecule has 2 N–H and O–H groups in total. The fraction of sp³-hybridized carbons (Fsp3) is 0.0476. The van der Waals surface area contributed by atoms with Crippen LogP contribution in [0, 0.1) is 10.1 Å². The SMILES string of the molecule is O=C(CNc1ccc2ccccc2c1)N/N=C\C=C\c1cccc([N+](=O)[O-])c1. The zero-order valence-electron chi connectivity index (χ0n) is 14.9. The van der Waals surface area contributed by atoms with Crippen LogP contribution in [0.3, 0.4) is 0 Å². The highest BCUT2D eigenvalue weighted by Crippen LogP contribution is 2.18. The van der Waals surface area contributed by atoms with Gasteiger partial charge in [0.15, 0.2) is 0 Å². The molecule has 3 aromatic carbocycles. The van der Waals surface area contributed by atoms with E-state index in [4.69, 9.17) is 0 Å². The lowest BCUT2D eigenvalue weighted by atomic mass is 10.1. The van der Waals surface area contributed by atoms with E-state index in [9.17, 15) is 14.9 Å². The van der Waals surface area contributed by atoms with Crippen molar-refractivity contribution in [1.29, 1.82) is 0 Å². The van der Waals surface area contributed by atoms with Crippen LogP contribution in [0.1, 0.15) is 5.56 Å². The molecule has 0 saturated carbocycles. The Morgan fingerprint density at radius 2 is 1.86 bits per heavy atom. The van der Waals surface area contributed by atoms with Gasteiger partial charge in [-0.2, -0.15) is 5.10 Å². The first-order chi connectivity index (χ1) is 13.6. The van der Waals surface area contributed by atoms with Crippen LogP contribution in [0.25, 0.3) is 16.8 Å². The van der Waals surface area contributed by atoms with Crippen molar-refractivity contribution in [2.24, 2.45) is 5.10 Å². The lowest BCUT2D eigenvalue weighted by Gasteiger charge is -2.06. The van der Waals surface area contributed by atoms with Crippen LogP contribution in [0.5, 0.6) is 0 Å². The van der Waals surface area contributed by atoms with E-state index in [0.717, 1.165) is 16.5 Å². The summed E-state index contributed by atoms with van der Waals surface area (Å²) in [6.07, 6.45) is 4.67. The summed E-state index contributed by atoms with van der Waals surface area (Å²) in [5, 5.41) is 19.8. The Labute approximate surface area is 161 Å². The predicted molar refractivity (Wildman–Crippen MR) is 111 cm³/mol.